The van der Waals surface area contributed by atoms with Crippen LogP contribution in [0.15, 0.2) is 78.2 Å². The number of thiazole rings is 1. The van der Waals surface area contributed by atoms with Crippen molar-refractivity contribution in [2.45, 2.75) is 12.5 Å². The van der Waals surface area contributed by atoms with Gasteiger partial charge in [-0.15, -0.1) is 11.3 Å². The van der Waals surface area contributed by atoms with Crippen LogP contribution < -0.4 is 20.1 Å². The third-order valence-electron chi connectivity index (χ3n) is 5.45. The van der Waals surface area contributed by atoms with Gasteiger partial charge in [-0.05, 0) is 35.9 Å². The fraction of sp³-hybridized carbons (Fsp3) is 0.148. The molecule has 1 atom stereocenters. The Balaban J connectivity index is 1.48. The summed E-state index contributed by atoms with van der Waals surface area (Å²) in [6.45, 7) is 0. The summed E-state index contributed by atoms with van der Waals surface area (Å²) in [4.78, 5) is 30.4. The molecule has 0 bridgehead atoms. The van der Waals surface area contributed by atoms with Gasteiger partial charge >= 0.3 is 0 Å². The maximum Gasteiger partial charge on any atom is 0.253 e. The molecule has 4 aromatic rings. The first kappa shape index (κ1) is 25.2. The molecule has 0 aliphatic rings. The summed E-state index contributed by atoms with van der Waals surface area (Å²) in [7, 11) is 3.15. The average Bonchev–Trinajstić information content (AvgIpc) is 3.36. The lowest BCUT2D eigenvalue weighted by Crippen LogP contribution is -2.31. The van der Waals surface area contributed by atoms with Crippen molar-refractivity contribution in [1.82, 2.24) is 10.3 Å². The topological polar surface area (TPSA) is 89.6 Å². The molecule has 7 nitrogen and oxygen atoms in total. The van der Waals surface area contributed by atoms with E-state index in [0.717, 1.165) is 11.1 Å². The van der Waals surface area contributed by atoms with Gasteiger partial charge in [0.15, 0.2) is 16.6 Å². The number of aromatic nitrogens is 1. The van der Waals surface area contributed by atoms with E-state index in [-0.39, 0.29) is 18.2 Å². The molecular weight excluding hydrogens is 498 g/mol. The molecule has 0 spiro atoms. The van der Waals surface area contributed by atoms with Gasteiger partial charge in [-0.25, -0.2) is 4.98 Å². The first-order valence-electron chi connectivity index (χ1n) is 11.1. The van der Waals surface area contributed by atoms with Crippen LogP contribution in [0, 0.1) is 0 Å². The summed E-state index contributed by atoms with van der Waals surface area (Å²) < 4.78 is 10.6. The van der Waals surface area contributed by atoms with Gasteiger partial charge in [-0.2, -0.15) is 0 Å². The average molecular weight is 522 g/mol. The number of carbonyl (C=O) groups excluding carboxylic acids is 2. The van der Waals surface area contributed by atoms with Gasteiger partial charge < -0.3 is 20.1 Å². The molecule has 0 radical (unpaired) electrons. The highest BCUT2D eigenvalue weighted by Crippen LogP contribution is 2.33. The molecule has 9 heteroatoms. The maximum atomic E-state index is 13.0. The predicted octanol–water partition coefficient (Wildman–Crippen LogP) is 5.98. The zero-order chi connectivity index (χ0) is 25.5. The minimum absolute atomic E-state index is 0.0193. The Morgan fingerprint density at radius 2 is 1.69 bits per heavy atom. The number of ether oxygens (including phenoxy) is 2. The predicted molar refractivity (Wildman–Crippen MR) is 142 cm³/mol. The molecule has 3 aromatic carbocycles. The maximum absolute atomic E-state index is 13.0. The fourth-order valence-corrected chi connectivity index (χ4v) is 4.59. The van der Waals surface area contributed by atoms with Gasteiger partial charge in [0.2, 0.25) is 5.91 Å². The summed E-state index contributed by atoms with van der Waals surface area (Å²) in [6.07, 6.45) is 0.0193. The van der Waals surface area contributed by atoms with Crippen LogP contribution in [0.4, 0.5) is 5.13 Å². The largest absolute Gasteiger partial charge is 0.493 e. The van der Waals surface area contributed by atoms with Gasteiger partial charge in [0, 0.05) is 10.9 Å². The Morgan fingerprint density at radius 1 is 0.972 bits per heavy atom. The second-order valence-electron chi connectivity index (χ2n) is 7.78. The Kier molecular flexibility index (Phi) is 8.20. The molecule has 4 rings (SSSR count). The number of methoxy groups -OCH3 is 2. The minimum atomic E-state index is -0.555. The summed E-state index contributed by atoms with van der Waals surface area (Å²) in [5.74, 6) is 0.577. The Morgan fingerprint density at radius 3 is 2.42 bits per heavy atom. The van der Waals surface area contributed by atoms with Crippen LogP contribution in [-0.4, -0.2) is 31.0 Å². The van der Waals surface area contributed by atoms with Crippen LogP contribution in [-0.2, 0) is 4.79 Å². The van der Waals surface area contributed by atoms with Crippen molar-refractivity contribution in [2.75, 3.05) is 19.5 Å². The van der Waals surface area contributed by atoms with E-state index >= 15 is 0 Å². The van der Waals surface area contributed by atoms with Gasteiger partial charge in [-0.3, -0.25) is 9.59 Å². The molecule has 0 fully saturated rings. The van der Waals surface area contributed by atoms with E-state index in [0.29, 0.717) is 32.9 Å². The van der Waals surface area contributed by atoms with Crippen LogP contribution >= 0.6 is 22.9 Å². The first-order chi connectivity index (χ1) is 17.5. The Hall–Kier alpha value is -3.88. The lowest BCUT2D eigenvalue weighted by molar-refractivity contribution is -0.116. The SMILES string of the molecule is COc1ccc(-c2csc(NC(=O)CC(NC(=O)c3ccccc3Cl)c3ccccc3)n2)cc1OC. The summed E-state index contributed by atoms with van der Waals surface area (Å²) in [5.41, 5.74) is 2.68. The number of amides is 2. The minimum Gasteiger partial charge on any atom is -0.493 e. The molecule has 1 heterocycles. The second-order valence-corrected chi connectivity index (χ2v) is 9.04. The van der Waals surface area contributed by atoms with E-state index in [1.807, 2.05) is 47.8 Å². The molecule has 2 N–H and O–H groups in total. The van der Waals surface area contributed by atoms with Crippen molar-refractivity contribution in [3.05, 3.63) is 94.3 Å². The first-order valence-corrected chi connectivity index (χ1v) is 12.3. The van der Waals surface area contributed by atoms with E-state index in [1.54, 1.807) is 44.6 Å². The van der Waals surface area contributed by atoms with Crippen molar-refractivity contribution in [1.29, 1.82) is 0 Å². The number of nitrogens with one attached hydrogen (secondary N) is 2. The summed E-state index contributed by atoms with van der Waals surface area (Å²) in [5, 5.41) is 8.43. The van der Waals surface area contributed by atoms with Crippen molar-refractivity contribution in [2.24, 2.45) is 0 Å². The summed E-state index contributed by atoms with van der Waals surface area (Å²) >= 11 is 7.50. The summed E-state index contributed by atoms with van der Waals surface area (Å²) in [6, 6.07) is 21.1. The normalized spacial score (nSPS) is 11.4. The van der Waals surface area contributed by atoms with Gasteiger partial charge in [-0.1, -0.05) is 54.1 Å². The van der Waals surface area contributed by atoms with Crippen LogP contribution in [0.3, 0.4) is 0 Å². The fourth-order valence-electron chi connectivity index (χ4n) is 3.63. The number of hydrogen-bond donors (Lipinski definition) is 2. The second kappa shape index (κ2) is 11.7. The van der Waals surface area contributed by atoms with Crippen LogP contribution in [0.25, 0.3) is 11.3 Å². The molecule has 1 unspecified atom stereocenters. The molecule has 184 valence electrons. The lowest BCUT2D eigenvalue weighted by Gasteiger charge is -2.19. The lowest BCUT2D eigenvalue weighted by atomic mass is 10.0. The van der Waals surface area contributed by atoms with E-state index < -0.39 is 6.04 Å². The number of nitrogens with zero attached hydrogens (tertiary/aromatic N) is 1. The highest BCUT2D eigenvalue weighted by Gasteiger charge is 2.21. The molecule has 36 heavy (non-hydrogen) atoms. The highest BCUT2D eigenvalue weighted by atomic mass is 35.5. The number of anilines is 1. The standard InChI is InChI=1S/C27H24ClN3O4S/c1-34-23-13-12-18(14-24(23)35-2)22-16-36-27(30-22)31-25(32)15-21(17-8-4-3-5-9-17)29-26(33)19-10-6-7-11-20(19)28/h3-14,16,21H,15H2,1-2H3,(H,29,33)(H,30,31,32). The van der Waals surface area contributed by atoms with E-state index in [9.17, 15) is 9.59 Å². The Bertz CT molecular complexity index is 1360. The zero-order valence-electron chi connectivity index (χ0n) is 19.7. The quantitative estimate of drug-likeness (QED) is 0.283. The number of rotatable bonds is 9. The van der Waals surface area contributed by atoms with Crippen LogP contribution in [0.2, 0.25) is 5.02 Å². The molecule has 2 amide bonds. The van der Waals surface area contributed by atoms with Crippen molar-refractivity contribution in [3.63, 3.8) is 0 Å². The molecule has 0 saturated heterocycles. The molecule has 0 aliphatic heterocycles. The van der Waals surface area contributed by atoms with Gasteiger partial charge in [0.05, 0.1) is 43.0 Å². The zero-order valence-corrected chi connectivity index (χ0v) is 21.2. The van der Waals surface area contributed by atoms with E-state index in [1.165, 1.54) is 11.3 Å². The third-order valence-corrected chi connectivity index (χ3v) is 6.53. The number of halogens is 1. The smallest absolute Gasteiger partial charge is 0.253 e. The van der Waals surface area contributed by atoms with Crippen molar-refractivity contribution in [3.8, 4) is 22.8 Å². The molecular formula is C27H24ClN3O4S. The van der Waals surface area contributed by atoms with Crippen molar-refractivity contribution < 1.29 is 19.1 Å². The van der Waals surface area contributed by atoms with Crippen LogP contribution in [0.5, 0.6) is 11.5 Å². The van der Waals surface area contributed by atoms with Crippen LogP contribution in [0.1, 0.15) is 28.4 Å². The number of carbonyl (C=O) groups is 2. The van der Waals surface area contributed by atoms with Crippen molar-refractivity contribution >= 4 is 39.9 Å². The molecule has 1 aromatic heterocycles. The third kappa shape index (κ3) is 6.02. The van der Waals surface area contributed by atoms with Gasteiger partial charge in [0.25, 0.3) is 5.91 Å². The number of hydrogen-bond acceptors (Lipinski definition) is 6. The highest BCUT2D eigenvalue weighted by molar-refractivity contribution is 7.14. The monoisotopic (exact) mass is 521 g/mol. The molecule has 0 aliphatic carbocycles. The Labute approximate surface area is 218 Å². The number of benzene rings is 3. The van der Waals surface area contributed by atoms with E-state index in [4.69, 9.17) is 21.1 Å². The molecule has 0 saturated carbocycles. The van der Waals surface area contributed by atoms with Gasteiger partial charge in [0.1, 0.15) is 0 Å². The van der Waals surface area contributed by atoms with E-state index in [2.05, 4.69) is 15.6 Å².